The molecule has 0 aliphatic heterocycles. The van der Waals surface area contributed by atoms with Crippen molar-refractivity contribution in [1.82, 2.24) is 0 Å². The summed E-state index contributed by atoms with van der Waals surface area (Å²) in [6, 6.07) is 3.52. The van der Waals surface area contributed by atoms with Gasteiger partial charge in [0.15, 0.2) is 0 Å². The van der Waals surface area contributed by atoms with Gasteiger partial charge in [0.1, 0.15) is 17.3 Å². The fraction of sp³-hybridized carbons (Fsp3) is 0.364. The van der Waals surface area contributed by atoms with Gasteiger partial charge in [-0.3, -0.25) is 4.79 Å². The number of carbonyl (C=O) groups excluding carboxylic acids is 1. The van der Waals surface area contributed by atoms with Gasteiger partial charge in [-0.25, -0.2) is 0 Å². The van der Waals surface area contributed by atoms with Crippen molar-refractivity contribution in [2.75, 3.05) is 7.11 Å². The van der Waals surface area contributed by atoms with E-state index in [4.69, 9.17) is 4.74 Å². The minimum absolute atomic E-state index is 0.00389. The maximum absolute atomic E-state index is 11.0. The van der Waals surface area contributed by atoms with Crippen LogP contribution in [0.3, 0.4) is 0 Å². The summed E-state index contributed by atoms with van der Waals surface area (Å²) in [7, 11) is 1.52. The van der Waals surface area contributed by atoms with Crippen molar-refractivity contribution in [2.24, 2.45) is 0 Å². The van der Waals surface area contributed by atoms with Gasteiger partial charge in [-0.2, -0.15) is 0 Å². The average Bonchev–Trinajstić information content (AvgIpc) is 2.13. The van der Waals surface area contributed by atoms with Crippen molar-refractivity contribution in [2.45, 2.75) is 20.3 Å². The molecule has 0 radical (unpaired) electrons. The minimum atomic E-state index is 0.00389. The number of aromatic hydroxyl groups is 1. The van der Waals surface area contributed by atoms with E-state index in [1.165, 1.54) is 14.0 Å². The molecule has 76 valence electrons. The van der Waals surface area contributed by atoms with Crippen LogP contribution in [0.2, 0.25) is 0 Å². The number of hydrogen-bond acceptors (Lipinski definition) is 3. The van der Waals surface area contributed by atoms with E-state index in [9.17, 15) is 9.90 Å². The number of ketones is 1. The molecule has 0 fully saturated rings. The number of carbonyl (C=O) groups is 1. The Kier molecular flexibility index (Phi) is 3.12. The third kappa shape index (κ3) is 2.05. The Bertz CT molecular complexity index is 356. The van der Waals surface area contributed by atoms with Gasteiger partial charge in [-0.05, 0) is 25.5 Å². The molecular formula is C11H14O3. The van der Waals surface area contributed by atoms with Crippen molar-refractivity contribution < 1.29 is 14.6 Å². The molecule has 3 nitrogen and oxygen atoms in total. The monoisotopic (exact) mass is 194 g/mol. The predicted octanol–water partition coefficient (Wildman–Crippen LogP) is 1.84. The van der Waals surface area contributed by atoms with E-state index in [-0.39, 0.29) is 18.0 Å². The summed E-state index contributed by atoms with van der Waals surface area (Å²) >= 11 is 0. The number of phenolic OH excluding ortho intramolecular Hbond substituents is 1. The first-order valence-electron chi connectivity index (χ1n) is 4.41. The quantitative estimate of drug-likeness (QED) is 0.798. The van der Waals surface area contributed by atoms with Crippen LogP contribution >= 0.6 is 0 Å². The van der Waals surface area contributed by atoms with E-state index in [2.05, 4.69) is 0 Å². The minimum Gasteiger partial charge on any atom is -0.507 e. The molecule has 0 spiro atoms. The zero-order chi connectivity index (χ0) is 10.7. The van der Waals surface area contributed by atoms with E-state index < -0.39 is 0 Å². The molecule has 14 heavy (non-hydrogen) atoms. The Hall–Kier alpha value is -1.51. The van der Waals surface area contributed by atoms with Crippen LogP contribution in [0.25, 0.3) is 0 Å². The second-order valence-corrected chi connectivity index (χ2v) is 3.29. The highest BCUT2D eigenvalue weighted by atomic mass is 16.5. The van der Waals surface area contributed by atoms with Crippen LogP contribution in [0.15, 0.2) is 12.1 Å². The van der Waals surface area contributed by atoms with E-state index in [0.717, 1.165) is 5.56 Å². The maximum atomic E-state index is 11.0. The van der Waals surface area contributed by atoms with Crippen molar-refractivity contribution in [3.05, 3.63) is 23.3 Å². The molecule has 1 N–H and O–H groups in total. The zero-order valence-electron chi connectivity index (χ0n) is 8.63. The van der Waals surface area contributed by atoms with Crippen molar-refractivity contribution in [1.29, 1.82) is 0 Å². The second-order valence-electron chi connectivity index (χ2n) is 3.29. The molecule has 0 aliphatic rings. The van der Waals surface area contributed by atoms with Crippen LogP contribution in [0, 0.1) is 6.92 Å². The van der Waals surface area contributed by atoms with Crippen LogP contribution in [0.1, 0.15) is 18.1 Å². The highest BCUT2D eigenvalue weighted by molar-refractivity contribution is 5.80. The first-order valence-corrected chi connectivity index (χ1v) is 4.41. The molecule has 0 aliphatic carbocycles. The molecule has 0 heterocycles. The smallest absolute Gasteiger partial charge is 0.134 e. The Labute approximate surface area is 83.3 Å². The van der Waals surface area contributed by atoms with Gasteiger partial charge in [-0.15, -0.1) is 0 Å². The van der Waals surface area contributed by atoms with E-state index in [0.29, 0.717) is 11.3 Å². The van der Waals surface area contributed by atoms with Crippen LogP contribution in [-0.4, -0.2) is 18.0 Å². The first kappa shape index (κ1) is 10.6. The second kappa shape index (κ2) is 4.13. The highest BCUT2D eigenvalue weighted by Gasteiger charge is 2.12. The van der Waals surface area contributed by atoms with E-state index in [1.54, 1.807) is 19.1 Å². The summed E-state index contributed by atoms with van der Waals surface area (Å²) in [6.45, 7) is 3.28. The summed E-state index contributed by atoms with van der Waals surface area (Å²) in [5.74, 6) is 0.715. The lowest BCUT2D eigenvalue weighted by molar-refractivity contribution is -0.116. The summed E-state index contributed by atoms with van der Waals surface area (Å²) in [4.78, 5) is 11.0. The number of methoxy groups -OCH3 is 1. The number of rotatable bonds is 3. The SMILES string of the molecule is COc1ccc(C)c(O)c1CC(C)=O. The molecule has 1 aromatic carbocycles. The molecule has 0 saturated heterocycles. The lowest BCUT2D eigenvalue weighted by atomic mass is 10.0. The van der Waals surface area contributed by atoms with E-state index in [1.807, 2.05) is 0 Å². The van der Waals surface area contributed by atoms with Crippen LogP contribution < -0.4 is 4.74 Å². The topological polar surface area (TPSA) is 46.5 Å². The molecular weight excluding hydrogens is 180 g/mol. The molecule has 0 atom stereocenters. The summed E-state index contributed by atoms with van der Waals surface area (Å²) in [5, 5.41) is 9.73. The van der Waals surface area contributed by atoms with Gasteiger partial charge in [0.25, 0.3) is 0 Å². The molecule has 0 bridgehead atoms. The van der Waals surface area contributed by atoms with Crippen LogP contribution in [0.4, 0.5) is 0 Å². The largest absolute Gasteiger partial charge is 0.507 e. The number of Topliss-reactive ketones (excluding diaryl/α,β-unsaturated/α-hetero) is 1. The zero-order valence-corrected chi connectivity index (χ0v) is 8.63. The molecule has 3 heteroatoms. The fourth-order valence-electron chi connectivity index (χ4n) is 1.35. The van der Waals surface area contributed by atoms with Crippen molar-refractivity contribution >= 4 is 5.78 Å². The Balaban J connectivity index is 3.20. The number of phenols is 1. The van der Waals surface area contributed by atoms with Crippen LogP contribution in [0.5, 0.6) is 11.5 Å². The average molecular weight is 194 g/mol. The first-order chi connectivity index (χ1) is 6.56. The molecule has 0 amide bonds. The van der Waals surface area contributed by atoms with Gasteiger partial charge < -0.3 is 9.84 Å². The van der Waals surface area contributed by atoms with Gasteiger partial charge >= 0.3 is 0 Å². The molecule has 0 aromatic heterocycles. The predicted molar refractivity (Wildman–Crippen MR) is 53.8 cm³/mol. The Morgan fingerprint density at radius 1 is 1.50 bits per heavy atom. The van der Waals surface area contributed by atoms with Gasteiger partial charge in [0.05, 0.1) is 7.11 Å². The highest BCUT2D eigenvalue weighted by Crippen LogP contribution is 2.31. The molecule has 0 unspecified atom stereocenters. The Morgan fingerprint density at radius 2 is 2.14 bits per heavy atom. The summed E-state index contributed by atoms with van der Waals surface area (Å²) in [6.07, 6.45) is 0.205. The van der Waals surface area contributed by atoms with Crippen LogP contribution in [-0.2, 0) is 11.2 Å². The number of aryl methyl sites for hydroxylation is 1. The number of benzene rings is 1. The number of hydrogen-bond donors (Lipinski definition) is 1. The maximum Gasteiger partial charge on any atom is 0.134 e. The molecule has 0 saturated carbocycles. The van der Waals surface area contributed by atoms with Gasteiger partial charge in [-0.1, -0.05) is 6.07 Å². The summed E-state index contributed by atoms with van der Waals surface area (Å²) < 4.78 is 5.07. The van der Waals surface area contributed by atoms with Gasteiger partial charge in [0, 0.05) is 12.0 Å². The third-order valence-corrected chi connectivity index (χ3v) is 2.09. The normalized spacial score (nSPS) is 9.93. The molecule has 1 rings (SSSR count). The standard InChI is InChI=1S/C11H14O3/c1-7-4-5-10(14-3)9(11(7)13)6-8(2)12/h4-5,13H,6H2,1-3H3. The third-order valence-electron chi connectivity index (χ3n) is 2.09. The van der Waals surface area contributed by atoms with Crippen molar-refractivity contribution in [3.63, 3.8) is 0 Å². The lowest BCUT2D eigenvalue weighted by Crippen LogP contribution is -2.00. The number of ether oxygens (including phenoxy) is 1. The summed E-state index contributed by atoms with van der Waals surface area (Å²) in [5.41, 5.74) is 1.32. The fourth-order valence-corrected chi connectivity index (χ4v) is 1.35. The van der Waals surface area contributed by atoms with E-state index >= 15 is 0 Å². The lowest BCUT2D eigenvalue weighted by Gasteiger charge is -2.10. The van der Waals surface area contributed by atoms with Crippen molar-refractivity contribution in [3.8, 4) is 11.5 Å². The Morgan fingerprint density at radius 3 is 2.64 bits per heavy atom. The molecule has 1 aromatic rings. The van der Waals surface area contributed by atoms with Gasteiger partial charge in [0.2, 0.25) is 0 Å².